The summed E-state index contributed by atoms with van der Waals surface area (Å²) < 4.78 is 0. The highest BCUT2D eigenvalue weighted by Crippen LogP contribution is 2.12. The van der Waals surface area contributed by atoms with Crippen molar-refractivity contribution in [2.75, 3.05) is 31.5 Å². The topological polar surface area (TPSA) is 107 Å². The van der Waals surface area contributed by atoms with Crippen molar-refractivity contribution in [3.05, 3.63) is 77.4 Å². The largest absolute Gasteiger partial charge is 0.368 e. The minimum Gasteiger partial charge on any atom is -0.368 e. The number of carbonyl (C=O) groups is 2. The van der Waals surface area contributed by atoms with Gasteiger partial charge in [0.05, 0.1) is 13.1 Å². The highest BCUT2D eigenvalue weighted by molar-refractivity contribution is 6.04. The summed E-state index contributed by atoms with van der Waals surface area (Å²) in [5, 5.41) is 11.7. The molecule has 0 fully saturated rings. The molecule has 2 aliphatic rings. The monoisotopic (exact) mass is 428 g/mol. The van der Waals surface area contributed by atoms with Crippen molar-refractivity contribution in [1.82, 2.24) is 16.0 Å². The fourth-order valence-electron chi connectivity index (χ4n) is 3.19. The van der Waals surface area contributed by atoms with E-state index >= 15 is 0 Å². The number of rotatable bonds is 6. The Bertz CT molecular complexity index is 1100. The van der Waals surface area contributed by atoms with Crippen molar-refractivity contribution >= 4 is 41.4 Å². The number of amides is 2. The molecule has 0 saturated heterocycles. The van der Waals surface area contributed by atoms with Crippen LogP contribution in [0.2, 0.25) is 0 Å². The first kappa shape index (κ1) is 21.0. The molecule has 0 radical (unpaired) electrons. The van der Waals surface area contributed by atoms with Crippen LogP contribution in [0.4, 0.5) is 5.69 Å². The molecule has 0 unspecified atom stereocenters. The molecule has 0 spiro atoms. The Morgan fingerprint density at radius 1 is 0.750 bits per heavy atom. The quantitative estimate of drug-likeness (QED) is 0.526. The van der Waals surface area contributed by atoms with Gasteiger partial charge in [0.2, 0.25) is 5.91 Å². The second kappa shape index (κ2) is 10.2. The van der Waals surface area contributed by atoms with Gasteiger partial charge in [-0.15, -0.1) is 0 Å². The summed E-state index contributed by atoms with van der Waals surface area (Å²) >= 11 is 0. The van der Waals surface area contributed by atoms with Crippen LogP contribution in [0, 0.1) is 0 Å². The van der Waals surface area contributed by atoms with Gasteiger partial charge in [-0.25, -0.2) is 0 Å². The number of anilines is 1. The molecule has 2 amide bonds. The first-order chi connectivity index (χ1) is 15.7. The smallest absolute Gasteiger partial charge is 0.250 e. The lowest BCUT2D eigenvalue weighted by molar-refractivity contribution is -0.115. The molecular formula is C24H24N6O2. The summed E-state index contributed by atoms with van der Waals surface area (Å²) in [4.78, 5) is 32.6. The Hall–Kier alpha value is -4.20. The van der Waals surface area contributed by atoms with E-state index in [1.807, 2.05) is 48.5 Å². The fraction of sp³-hybridized carbons (Fsp3) is 0.167. The van der Waals surface area contributed by atoms with Gasteiger partial charge in [0.15, 0.2) is 5.96 Å². The standard InChI is InChI=1S/C24H24N6O2/c31-21(29-20-9-7-19(8-10-20)23-25-13-14-26-23)11-5-17-1-3-18(4-2-17)6-12-22(32)30-24-27-15-16-28-24/h1-12H,13-16H2,(H,25,26)(H,29,31)(H2,27,28,30,32). The van der Waals surface area contributed by atoms with Crippen LogP contribution in [0.25, 0.3) is 12.2 Å². The van der Waals surface area contributed by atoms with Gasteiger partial charge in [-0.2, -0.15) is 0 Å². The van der Waals surface area contributed by atoms with Crippen molar-refractivity contribution in [3.63, 3.8) is 0 Å². The van der Waals surface area contributed by atoms with Crippen molar-refractivity contribution in [2.24, 2.45) is 9.98 Å². The molecule has 162 valence electrons. The predicted molar refractivity (Wildman–Crippen MR) is 127 cm³/mol. The zero-order chi connectivity index (χ0) is 22.2. The SMILES string of the molecule is O=C(C=Cc1ccc(C=CC(=O)Nc2ccc(C3=NCCN3)cc2)cc1)NC1=NCCN1. The van der Waals surface area contributed by atoms with Gasteiger partial charge in [-0.05, 0) is 47.5 Å². The molecule has 0 saturated carbocycles. The van der Waals surface area contributed by atoms with Crippen LogP contribution in [0.1, 0.15) is 16.7 Å². The summed E-state index contributed by atoms with van der Waals surface area (Å²) in [6, 6.07) is 15.1. The number of aliphatic imine (C=N–C) groups is 2. The van der Waals surface area contributed by atoms with Crippen molar-refractivity contribution in [1.29, 1.82) is 0 Å². The fourth-order valence-corrected chi connectivity index (χ4v) is 3.19. The number of benzene rings is 2. The van der Waals surface area contributed by atoms with Crippen LogP contribution < -0.4 is 21.3 Å². The lowest BCUT2D eigenvalue weighted by Gasteiger charge is -2.05. The third-order valence-electron chi connectivity index (χ3n) is 4.81. The Morgan fingerprint density at radius 2 is 1.34 bits per heavy atom. The molecule has 8 nitrogen and oxygen atoms in total. The Balaban J connectivity index is 1.27. The summed E-state index contributed by atoms with van der Waals surface area (Å²) in [6.07, 6.45) is 6.41. The maximum atomic E-state index is 12.2. The van der Waals surface area contributed by atoms with Crippen LogP contribution in [-0.2, 0) is 9.59 Å². The van der Waals surface area contributed by atoms with E-state index in [9.17, 15) is 9.59 Å². The number of guanidine groups is 1. The maximum absolute atomic E-state index is 12.2. The van der Waals surface area contributed by atoms with E-state index < -0.39 is 0 Å². The maximum Gasteiger partial charge on any atom is 0.250 e. The first-order valence-electron chi connectivity index (χ1n) is 10.4. The molecule has 4 rings (SSSR count). The molecule has 2 aliphatic heterocycles. The second-order valence-electron chi connectivity index (χ2n) is 7.20. The van der Waals surface area contributed by atoms with Gasteiger partial charge in [-0.1, -0.05) is 24.3 Å². The van der Waals surface area contributed by atoms with Crippen molar-refractivity contribution in [2.45, 2.75) is 0 Å². The molecule has 8 heteroatoms. The van der Waals surface area contributed by atoms with E-state index in [1.165, 1.54) is 12.2 Å². The lowest BCUT2D eigenvalue weighted by Crippen LogP contribution is -2.37. The number of hydrogen-bond acceptors (Lipinski definition) is 6. The number of nitrogens with one attached hydrogen (secondary N) is 4. The summed E-state index contributed by atoms with van der Waals surface area (Å²) in [7, 11) is 0. The Labute approximate surface area is 186 Å². The minimum atomic E-state index is -0.237. The highest BCUT2D eigenvalue weighted by Gasteiger charge is 2.08. The third kappa shape index (κ3) is 5.91. The molecular weight excluding hydrogens is 404 g/mol. The average molecular weight is 428 g/mol. The number of hydrogen-bond donors (Lipinski definition) is 4. The van der Waals surface area contributed by atoms with E-state index in [2.05, 4.69) is 31.3 Å². The lowest BCUT2D eigenvalue weighted by atomic mass is 10.1. The Kier molecular flexibility index (Phi) is 6.72. The van der Waals surface area contributed by atoms with Gasteiger partial charge >= 0.3 is 0 Å². The van der Waals surface area contributed by atoms with Crippen LogP contribution in [0.15, 0.2) is 70.7 Å². The van der Waals surface area contributed by atoms with Gasteiger partial charge in [0, 0.05) is 36.5 Å². The van der Waals surface area contributed by atoms with Crippen LogP contribution in [0.3, 0.4) is 0 Å². The molecule has 0 aromatic heterocycles. The van der Waals surface area contributed by atoms with E-state index in [0.29, 0.717) is 12.5 Å². The minimum absolute atomic E-state index is 0.210. The number of nitrogens with zero attached hydrogens (tertiary/aromatic N) is 2. The molecule has 32 heavy (non-hydrogen) atoms. The van der Waals surface area contributed by atoms with E-state index in [4.69, 9.17) is 0 Å². The van der Waals surface area contributed by atoms with Crippen molar-refractivity contribution < 1.29 is 9.59 Å². The van der Waals surface area contributed by atoms with E-state index in [-0.39, 0.29) is 11.8 Å². The van der Waals surface area contributed by atoms with E-state index in [1.54, 1.807) is 12.2 Å². The Morgan fingerprint density at radius 3 is 1.91 bits per heavy atom. The zero-order valence-corrected chi connectivity index (χ0v) is 17.5. The zero-order valence-electron chi connectivity index (χ0n) is 17.5. The molecule has 0 bridgehead atoms. The summed E-state index contributed by atoms with van der Waals surface area (Å²) in [5.74, 6) is 0.953. The molecule has 0 aliphatic carbocycles. The van der Waals surface area contributed by atoms with Crippen molar-refractivity contribution in [3.8, 4) is 0 Å². The van der Waals surface area contributed by atoms with Gasteiger partial charge in [-0.3, -0.25) is 24.9 Å². The predicted octanol–water partition coefficient (Wildman–Crippen LogP) is 1.78. The molecule has 2 heterocycles. The summed E-state index contributed by atoms with van der Waals surface area (Å²) in [5.41, 5.74) is 3.49. The van der Waals surface area contributed by atoms with Crippen LogP contribution >= 0.6 is 0 Å². The molecule has 4 N–H and O–H groups in total. The molecule has 2 aromatic rings. The second-order valence-corrected chi connectivity index (χ2v) is 7.20. The first-order valence-corrected chi connectivity index (χ1v) is 10.4. The van der Waals surface area contributed by atoms with Crippen LogP contribution in [-0.4, -0.2) is 49.8 Å². The normalized spacial score (nSPS) is 15.2. The van der Waals surface area contributed by atoms with Gasteiger partial charge in [0.25, 0.3) is 5.91 Å². The number of carbonyl (C=O) groups excluding carboxylic acids is 2. The van der Waals surface area contributed by atoms with E-state index in [0.717, 1.165) is 47.8 Å². The van der Waals surface area contributed by atoms with Gasteiger partial charge in [0.1, 0.15) is 5.84 Å². The molecule has 0 atom stereocenters. The average Bonchev–Trinajstić information content (AvgIpc) is 3.52. The molecule has 2 aromatic carbocycles. The summed E-state index contributed by atoms with van der Waals surface area (Å²) in [6.45, 7) is 3.07. The number of amidine groups is 1. The van der Waals surface area contributed by atoms with Crippen LogP contribution in [0.5, 0.6) is 0 Å². The third-order valence-corrected chi connectivity index (χ3v) is 4.81. The highest BCUT2D eigenvalue weighted by atomic mass is 16.2. The van der Waals surface area contributed by atoms with Gasteiger partial charge < -0.3 is 16.0 Å².